The highest BCUT2D eigenvalue weighted by molar-refractivity contribution is 5.62. The Labute approximate surface area is 304 Å². The van der Waals surface area contributed by atoms with Gasteiger partial charge in [-0.3, -0.25) is 4.79 Å². The van der Waals surface area contributed by atoms with Crippen LogP contribution in [0.25, 0.3) is 0 Å². The zero-order valence-electron chi connectivity index (χ0n) is 30.5. The first-order valence-corrected chi connectivity index (χ1v) is 14.8. The minimum Gasteiger partial charge on any atom is -1.00 e. The summed E-state index contributed by atoms with van der Waals surface area (Å²) in [4.78, 5) is 10.5. The number of rotatable bonds is 7. The maximum atomic E-state index is 9.00. The van der Waals surface area contributed by atoms with Crippen LogP contribution >= 0.6 is 0 Å². The van der Waals surface area contributed by atoms with Gasteiger partial charge in [-0.25, -0.2) is 0 Å². The molecule has 3 aromatic carbocycles. The second-order valence-electron chi connectivity index (χ2n) is 11.9. The third-order valence-electron chi connectivity index (χ3n) is 4.93. The van der Waals surface area contributed by atoms with Crippen LogP contribution in [0.5, 0.6) is 0 Å². The third kappa shape index (κ3) is 46.3. The Kier molecular flexibility index (Phi) is 48.2. The number of nitrogens with two attached hydrogens (primary N) is 1. The predicted octanol–water partition coefficient (Wildman–Crippen LogP) is -9.72. The molecule has 0 saturated heterocycles. The number of quaternary nitrogens is 5. The fraction of sp³-hybridized carbons (Fsp3) is 0.457. The number of carboxylic acids is 1. The Morgan fingerprint density at radius 3 is 0.978 bits per heavy atom. The number of carbonyl (C=O) groups is 1. The summed E-state index contributed by atoms with van der Waals surface area (Å²) < 4.78 is 1.97. The van der Waals surface area contributed by atoms with Gasteiger partial charge in [0.25, 0.3) is 5.97 Å². The van der Waals surface area contributed by atoms with E-state index in [1.165, 1.54) is 28.1 Å². The molecule has 0 aliphatic rings. The lowest BCUT2D eigenvalue weighted by atomic mass is 10.1. The number of nitrogens with one attached hydrogen (secondary N) is 1. The standard InChI is InChI=1S/C22H24N.C4H12N.C4H11N.C2H7N.C2H4O2.CH5N.BrH.2ClH.FH/c1-23(17-20-11-5-2-6-12-20,18-21-13-7-3-8-14-21)19-22-15-9-4-10-16-22;1-5(2,3)4;1-4-5(2)3;1-3-2;1-2(3)4;1-2;;;;/h2-16H,17-19H2,1H3;1-4H3;4H2,1-3H3;3H,1-2H3;1H3,(H,3,4);2H2,1H3;4*1H/q2*+1;;;;;;;;/p-1. The first-order valence-electron chi connectivity index (χ1n) is 14.8. The molecule has 0 aromatic heterocycles. The van der Waals surface area contributed by atoms with Crippen LogP contribution in [0.2, 0.25) is 0 Å². The molecule has 3 aromatic rings. The fourth-order valence-electron chi connectivity index (χ4n) is 3.24. The van der Waals surface area contributed by atoms with Crippen molar-refractivity contribution in [1.82, 2.24) is 0 Å². The van der Waals surface area contributed by atoms with Gasteiger partial charge >= 0.3 is 0 Å². The zero-order valence-corrected chi connectivity index (χ0v) is 33.6. The summed E-state index contributed by atoms with van der Waals surface area (Å²) in [6, 6.07) is 32.4. The van der Waals surface area contributed by atoms with Gasteiger partial charge in [0.2, 0.25) is 0 Å². The first kappa shape index (κ1) is 59.4. The highest BCUT2D eigenvalue weighted by Crippen LogP contribution is 2.21. The normalized spacial score (nSPS) is 9.09. The molecule has 11 heteroatoms. The monoisotopic (exact) mass is 756 g/mol. The van der Waals surface area contributed by atoms with Gasteiger partial charge in [0.05, 0.1) is 77.0 Å². The van der Waals surface area contributed by atoms with Crippen LogP contribution in [0.1, 0.15) is 30.5 Å². The molecule has 0 aliphatic carbocycles. The maximum Gasteiger partial charge on any atom is 0.300 e. The zero-order chi connectivity index (χ0) is 33.0. The summed E-state index contributed by atoms with van der Waals surface area (Å²) in [6.45, 7) is 7.56. The number of halogens is 4. The molecule has 0 fully saturated rings. The van der Waals surface area contributed by atoms with Crippen molar-refractivity contribution in [3.05, 3.63) is 108 Å². The molecule has 7 nitrogen and oxygen atoms in total. The van der Waals surface area contributed by atoms with Crippen molar-refractivity contribution in [2.45, 2.75) is 33.5 Å². The van der Waals surface area contributed by atoms with Crippen molar-refractivity contribution in [2.75, 3.05) is 77.0 Å². The lowest BCUT2D eigenvalue weighted by Gasteiger charge is -2.35. The number of carboxylic acid groups (broad SMARTS) is 1. The third-order valence-corrected chi connectivity index (χ3v) is 4.93. The molecule has 0 amide bonds. The van der Waals surface area contributed by atoms with Crippen molar-refractivity contribution in [1.29, 1.82) is 0 Å². The summed E-state index contributed by atoms with van der Waals surface area (Å²) in [7, 11) is 20.9. The average molecular weight is 759 g/mol. The molecule has 0 bridgehead atoms. The molecule has 46 heavy (non-hydrogen) atoms. The number of benzene rings is 3. The van der Waals surface area contributed by atoms with Crippen molar-refractivity contribution < 1.29 is 81.3 Å². The molecule has 0 atom stereocenters. The SMILES string of the molecule is CC(=O)O.CC[NH+](C)C.C[N+](C)(C)C.C[N+](Cc1ccccc1)(Cc1ccccc1)Cc1ccccc1.C[NH2+]C.C[NH3+].[Br-].[Cl-].[Cl-].[F-]. The minimum absolute atomic E-state index is 0. The molecule has 0 unspecified atom stereocenters. The summed E-state index contributed by atoms with van der Waals surface area (Å²) in [5.74, 6) is -0.833. The van der Waals surface area contributed by atoms with Crippen molar-refractivity contribution in [2.24, 2.45) is 0 Å². The van der Waals surface area contributed by atoms with Gasteiger partial charge in [0.15, 0.2) is 0 Å². The van der Waals surface area contributed by atoms with Crippen molar-refractivity contribution >= 4 is 5.97 Å². The Morgan fingerprint density at radius 2 is 0.848 bits per heavy atom. The van der Waals surface area contributed by atoms with Crippen LogP contribution in [0.4, 0.5) is 0 Å². The molecule has 7 N–H and O–H groups in total. The van der Waals surface area contributed by atoms with E-state index in [0.717, 1.165) is 35.5 Å². The van der Waals surface area contributed by atoms with Gasteiger partial charge in [0.1, 0.15) is 19.6 Å². The summed E-state index contributed by atoms with van der Waals surface area (Å²) >= 11 is 0. The molecule has 0 spiro atoms. The highest BCUT2D eigenvalue weighted by atomic mass is 79.9. The van der Waals surface area contributed by atoms with E-state index in [-0.39, 0.29) is 46.5 Å². The Balaban J connectivity index is -0.000000111. The van der Waals surface area contributed by atoms with Gasteiger partial charge in [0, 0.05) is 23.6 Å². The topological polar surface area (TPSA) is 86.0 Å². The van der Waals surface area contributed by atoms with Crippen LogP contribution in [-0.4, -0.2) is 97.1 Å². The van der Waals surface area contributed by atoms with Crippen LogP contribution in [0, 0.1) is 0 Å². The molecular weight excluding hydrogens is 692 g/mol. The largest absolute Gasteiger partial charge is 1.00 e. The molecule has 270 valence electrons. The quantitative estimate of drug-likeness (QED) is 0.181. The molecule has 0 saturated carbocycles. The maximum absolute atomic E-state index is 9.00. The van der Waals surface area contributed by atoms with Gasteiger partial charge in [-0.1, -0.05) is 91.0 Å². The number of nitrogens with zero attached hydrogens (tertiary/aromatic N) is 2. The van der Waals surface area contributed by atoms with Gasteiger partial charge in [-0.15, -0.1) is 0 Å². The Hall–Kier alpha value is -2.08. The van der Waals surface area contributed by atoms with E-state index < -0.39 is 5.97 Å². The van der Waals surface area contributed by atoms with Gasteiger partial charge < -0.3 is 76.5 Å². The van der Waals surface area contributed by atoms with E-state index >= 15 is 0 Å². The van der Waals surface area contributed by atoms with Crippen molar-refractivity contribution in [3.63, 3.8) is 0 Å². The van der Waals surface area contributed by atoms with Crippen LogP contribution in [-0.2, 0) is 24.4 Å². The van der Waals surface area contributed by atoms with Crippen LogP contribution < -0.4 is 62.5 Å². The van der Waals surface area contributed by atoms with E-state index in [9.17, 15) is 0 Å². The van der Waals surface area contributed by atoms with E-state index in [2.05, 4.69) is 153 Å². The van der Waals surface area contributed by atoms with Gasteiger partial charge in [-0.05, 0) is 6.92 Å². The Bertz CT molecular complexity index is 891. The highest BCUT2D eigenvalue weighted by Gasteiger charge is 2.23. The summed E-state index contributed by atoms with van der Waals surface area (Å²) in [5.41, 5.74) is 7.42. The Morgan fingerprint density at radius 1 is 0.696 bits per heavy atom. The van der Waals surface area contributed by atoms with E-state index in [1.807, 2.05) is 19.4 Å². The summed E-state index contributed by atoms with van der Waals surface area (Å²) in [5, 5.41) is 9.42. The lowest BCUT2D eigenvalue weighted by molar-refractivity contribution is -0.948. The molecule has 3 rings (SSSR count). The van der Waals surface area contributed by atoms with E-state index in [1.54, 1.807) is 7.05 Å². The summed E-state index contributed by atoms with van der Waals surface area (Å²) in [6.07, 6.45) is 0. The molecule has 0 heterocycles. The number of aliphatic carboxylic acids is 1. The molecule has 0 aliphatic heterocycles. The van der Waals surface area contributed by atoms with Crippen LogP contribution in [0.3, 0.4) is 0 Å². The molecular formula is C35H66BrCl2FN5O2+. The molecule has 0 radical (unpaired) electrons. The smallest absolute Gasteiger partial charge is 0.300 e. The van der Waals surface area contributed by atoms with E-state index in [4.69, 9.17) is 9.90 Å². The minimum atomic E-state index is -0.833. The van der Waals surface area contributed by atoms with Crippen molar-refractivity contribution in [3.8, 4) is 0 Å². The fourth-order valence-corrected chi connectivity index (χ4v) is 3.24. The second kappa shape index (κ2) is 37.4. The number of hydrogen-bond acceptors (Lipinski definition) is 1. The second-order valence-corrected chi connectivity index (χ2v) is 11.9. The lowest BCUT2D eigenvalue weighted by Crippen LogP contribution is -3.05. The van der Waals surface area contributed by atoms with Gasteiger partial charge in [-0.2, -0.15) is 0 Å². The van der Waals surface area contributed by atoms with E-state index in [0.29, 0.717) is 0 Å². The predicted molar refractivity (Wildman–Crippen MR) is 180 cm³/mol. The first-order chi connectivity index (χ1) is 19.7. The van der Waals surface area contributed by atoms with Crippen LogP contribution in [0.15, 0.2) is 91.0 Å². The average Bonchev–Trinajstić information content (AvgIpc) is 2.91. The number of hydrogen-bond donors (Lipinski definition) is 4.